The van der Waals surface area contributed by atoms with Crippen LogP contribution in [0.25, 0.3) is 0 Å². The van der Waals surface area contributed by atoms with Gasteiger partial charge in [-0.1, -0.05) is 30.3 Å². The summed E-state index contributed by atoms with van der Waals surface area (Å²) < 4.78 is 0. The molecule has 1 heterocycles. The maximum atomic E-state index is 9.51. The van der Waals surface area contributed by atoms with Crippen molar-refractivity contribution in [1.82, 2.24) is 10.2 Å². The molecule has 1 aromatic carbocycles. The zero-order chi connectivity index (χ0) is 13.0. The van der Waals surface area contributed by atoms with Crippen LogP contribution in [-0.2, 0) is 6.42 Å². The molecule has 1 aliphatic rings. The Kier molecular flexibility index (Phi) is 4.38. The van der Waals surface area contributed by atoms with E-state index >= 15 is 0 Å². The third-order valence-corrected chi connectivity index (χ3v) is 3.85. The van der Waals surface area contributed by atoms with Gasteiger partial charge < -0.3 is 10.4 Å². The quantitative estimate of drug-likeness (QED) is 0.842. The van der Waals surface area contributed by atoms with Crippen LogP contribution in [0.2, 0.25) is 0 Å². The Morgan fingerprint density at radius 3 is 2.72 bits per heavy atom. The third-order valence-electron chi connectivity index (χ3n) is 3.85. The molecule has 0 saturated carbocycles. The van der Waals surface area contributed by atoms with Crippen molar-refractivity contribution < 1.29 is 5.11 Å². The van der Waals surface area contributed by atoms with E-state index < -0.39 is 0 Å². The Morgan fingerprint density at radius 2 is 2.06 bits per heavy atom. The van der Waals surface area contributed by atoms with Crippen molar-refractivity contribution in [2.75, 3.05) is 26.2 Å². The van der Waals surface area contributed by atoms with Crippen LogP contribution < -0.4 is 5.32 Å². The van der Waals surface area contributed by atoms with Crippen LogP contribution >= 0.6 is 0 Å². The molecule has 1 atom stereocenters. The number of aliphatic hydroxyl groups is 1. The Labute approximate surface area is 110 Å². The first-order valence-electron chi connectivity index (χ1n) is 6.76. The molecule has 18 heavy (non-hydrogen) atoms. The molecule has 2 N–H and O–H groups in total. The number of rotatable bonds is 4. The lowest BCUT2D eigenvalue weighted by Crippen LogP contribution is -2.64. The van der Waals surface area contributed by atoms with E-state index in [1.54, 1.807) is 0 Å². The van der Waals surface area contributed by atoms with Crippen LogP contribution in [-0.4, -0.2) is 47.8 Å². The Balaban J connectivity index is 2.00. The van der Waals surface area contributed by atoms with E-state index in [-0.39, 0.29) is 18.2 Å². The molecule has 1 aromatic rings. The summed E-state index contributed by atoms with van der Waals surface area (Å²) in [6.45, 7) is 7.59. The summed E-state index contributed by atoms with van der Waals surface area (Å²) in [5, 5.41) is 12.9. The van der Waals surface area contributed by atoms with Crippen molar-refractivity contribution in [3.8, 4) is 0 Å². The molecule has 2 rings (SSSR count). The van der Waals surface area contributed by atoms with Crippen LogP contribution in [0.3, 0.4) is 0 Å². The summed E-state index contributed by atoms with van der Waals surface area (Å²) in [5.41, 5.74) is 1.48. The standard InChI is InChI=1S/C15H24N2O/c1-15(2)12-16-10-14(11-18)17(15)9-8-13-6-4-3-5-7-13/h3-7,14,16,18H,8-12H2,1-2H3. The molecule has 1 fully saturated rings. The highest BCUT2D eigenvalue weighted by atomic mass is 16.3. The molecular formula is C15H24N2O. The SMILES string of the molecule is CC1(C)CNCC(CO)N1CCc1ccccc1. The van der Waals surface area contributed by atoms with Crippen LogP contribution in [0.1, 0.15) is 19.4 Å². The van der Waals surface area contributed by atoms with E-state index in [4.69, 9.17) is 0 Å². The van der Waals surface area contributed by atoms with E-state index in [0.717, 1.165) is 26.1 Å². The smallest absolute Gasteiger partial charge is 0.0599 e. The molecule has 3 heteroatoms. The van der Waals surface area contributed by atoms with Gasteiger partial charge in [0.1, 0.15) is 0 Å². The Bertz CT molecular complexity index is 364. The van der Waals surface area contributed by atoms with Crippen molar-refractivity contribution >= 4 is 0 Å². The van der Waals surface area contributed by atoms with Gasteiger partial charge in [0.25, 0.3) is 0 Å². The maximum absolute atomic E-state index is 9.51. The summed E-state index contributed by atoms with van der Waals surface area (Å²) in [5.74, 6) is 0. The van der Waals surface area contributed by atoms with Crippen molar-refractivity contribution in [2.45, 2.75) is 31.8 Å². The number of aliphatic hydroxyl groups excluding tert-OH is 1. The highest BCUT2D eigenvalue weighted by Crippen LogP contribution is 2.21. The first-order valence-corrected chi connectivity index (χ1v) is 6.76. The number of piperazine rings is 1. The number of nitrogens with one attached hydrogen (secondary N) is 1. The second-order valence-corrected chi connectivity index (χ2v) is 5.71. The van der Waals surface area contributed by atoms with Gasteiger partial charge in [-0.25, -0.2) is 0 Å². The molecule has 0 spiro atoms. The first kappa shape index (κ1) is 13.5. The molecule has 1 aliphatic heterocycles. The molecule has 0 amide bonds. The average molecular weight is 248 g/mol. The summed E-state index contributed by atoms with van der Waals surface area (Å²) in [4.78, 5) is 2.44. The fourth-order valence-electron chi connectivity index (χ4n) is 2.79. The van der Waals surface area contributed by atoms with Crippen LogP contribution in [0.5, 0.6) is 0 Å². The summed E-state index contributed by atoms with van der Waals surface area (Å²) in [7, 11) is 0. The first-order chi connectivity index (χ1) is 8.63. The zero-order valence-corrected chi connectivity index (χ0v) is 11.4. The Morgan fingerprint density at radius 1 is 1.33 bits per heavy atom. The molecule has 1 unspecified atom stereocenters. The molecule has 1 saturated heterocycles. The minimum Gasteiger partial charge on any atom is -0.395 e. The molecule has 3 nitrogen and oxygen atoms in total. The van der Waals surface area contributed by atoms with Gasteiger partial charge in [-0.05, 0) is 25.8 Å². The topological polar surface area (TPSA) is 35.5 Å². The molecule has 100 valence electrons. The van der Waals surface area contributed by atoms with Gasteiger partial charge >= 0.3 is 0 Å². The van der Waals surface area contributed by atoms with Crippen molar-refractivity contribution in [2.24, 2.45) is 0 Å². The predicted molar refractivity (Wildman–Crippen MR) is 74.7 cm³/mol. The molecule has 0 aliphatic carbocycles. The predicted octanol–water partition coefficient (Wildman–Crippen LogP) is 1.27. The van der Waals surface area contributed by atoms with E-state index in [2.05, 4.69) is 54.4 Å². The monoisotopic (exact) mass is 248 g/mol. The van der Waals surface area contributed by atoms with Gasteiger partial charge in [0.15, 0.2) is 0 Å². The van der Waals surface area contributed by atoms with Gasteiger partial charge in [0.05, 0.1) is 6.61 Å². The lowest BCUT2D eigenvalue weighted by molar-refractivity contribution is 0.0106. The maximum Gasteiger partial charge on any atom is 0.0599 e. The minimum atomic E-state index is 0.112. The van der Waals surface area contributed by atoms with Crippen molar-refractivity contribution in [1.29, 1.82) is 0 Å². The third kappa shape index (κ3) is 3.10. The summed E-state index contributed by atoms with van der Waals surface area (Å²) in [6, 6.07) is 10.8. The normalized spacial score (nSPS) is 24.1. The van der Waals surface area contributed by atoms with Gasteiger partial charge in [0.2, 0.25) is 0 Å². The minimum absolute atomic E-state index is 0.112. The molecule has 0 bridgehead atoms. The van der Waals surface area contributed by atoms with Gasteiger partial charge in [-0.15, -0.1) is 0 Å². The average Bonchev–Trinajstić information content (AvgIpc) is 2.37. The summed E-state index contributed by atoms with van der Waals surface area (Å²) >= 11 is 0. The molecular weight excluding hydrogens is 224 g/mol. The van der Waals surface area contributed by atoms with Crippen molar-refractivity contribution in [3.05, 3.63) is 35.9 Å². The fraction of sp³-hybridized carbons (Fsp3) is 0.600. The van der Waals surface area contributed by atoms with E-state index in [9.17, 15) is 5.11 Å². The van der Waals surface area contributed by atoms with Gasteiger partial charge in [-0.2, -0.15) is 0 Å². The number of hydrogen-bond donors (Lipinski definition) is 2. The van der Waals surface area contributed by atoms with Crippen LogP contribution in [0.15, 0.2) is 30.3 Å². The van der Waals surface area contributed by atoms with Gasteiger partial charge in [0, 0.05) is 31.2 Å². The molecule has 0 aromatic heterocycles. The van der Waals surface area contributed by atoms with Gasteiger partial charge in [-0.3, -0.25) is 4.90 Å². The fourth-order valence-corrected chi connectivity index (χ4v) is 2.79. The zero-order valence-electron chi connectivity index (χ0n) is 11.4. The lowest BCUT2D eigenvalue weighted by Gasteiger charge is -2.47. The number of hydrogen-bond acceptors (Lipinski definition) is 3. The summed E-state index contributed by atoms with van der Waals surface area (Å²) in [6.07, 6.45) is 1.04. The van der Waals surface area contributed by atoms with E-state index in [0.29, 0.717) is 0 Å². The van der Waals surface area contributed by atoms with Crippen molar-refractivity contribution in [3.63, 3.8) is 0 Å². The van der Waals surface area contributed by atoms with Crippen LogP contribution in [0, 0.1) is 0 Å². The van der Waals surface area contributed by atoms with Crippen LogP contribution in [0.4, 0.5) is 0 Å². The lowest BCUT2D eigenvalue weighted by atomic mass is 9.95. The number of nitrogens with zero attached hydrogens (tertiary/aromatic N) is 1. The van der Waals surface area contributed by atoms with E-state index in [1.165, 1.54) is 5.56 Å². The Hall–Kier alpha value is -0.900. The highest BCUT2D eigenvalue weighted by molar-refractivity contribution is 5.15. The number of benzene rings is 1. The molecule has 0 radical (unpaired) electrons. The van der Waals surface area contributed by atoms with E-state index in [1.807, 2.05) is 0 Å². The second-order valence-electron chi connectivity index (χ2n) is 5.71. The highest BCUT2D eigenvalue weighted by Gasteiger charge is 2.35. The second kappa shape index (κ2) is 5.83. The largest absolute Gasteiger partial charge is 0.395 e.